The number of allylic oxidation sites excluding steroid dienone is 4. The number of nitrogens with one attached hydrogen (secondary N) is 1. The Bertz CT molecular complexity index is 348. The quantitative estimate of drug-likeness (QED) is 0.278. The summed E-state index contributed by atoms with van der Waals surface area (Å²) < 4.78 is 0. The lowest BCUT2D eigenvalue weighted by Crippen LogP contribution is -2.28. The number of rotatable bonds is 17. The van der Waals surface area contributed by atoms with E-state index in [0.29, 0.717) is 6.42 Å². The van der Waals surface area contributed by atoms with E-state index in [1.54, 1.807) is 0 Å². The van der Waals surface area contributed by atoms with Gasteiger partial charge in [0.15, 0.2) is 0 Å². The standard InChI is InChI=1S/C22H42N2O/c1-4-5-6-7-8-9-10-11-12-13-14-15-16-17-18-20-23-22(25)19-21-24(2)3/h7-8,10-11H,4-6,9,12-21H2,1-3H3,(H,23,25)/b8-7+,11-10+. The second kappa shape index (κ2) is 19.2. The fourth-order valence-electron chi connectivity index (χ4n) is 2.56. The highest BCUT2D eigenvalue weighted by Crippen LogP contribution is 2.07. The molecule has 0 bridgehead atoms. The van der Waals surface area contributed by atoms with Gasteiger partial charge in [-0.3, -0.25) is 4.79 Å². The molecule has 0 saturated heterocycles. The molecule has 3 heteroatoms. The molecule has 0 aromatic rings. The van der Waals surface area contributed by atoms with Gasteiger partial charge in [0.2, 0.25) is 5.91 Å². The summed E-state index contributed by atoms with van der Waals surface area (Å²) in [5.41, 5.74) is 0. The van der Waals surface area contributed by atoms with Crippen LogP contribution >= 0.6 is 0 Å². The van der Waals surface area contributed by atoms with Gasteiger partial charge >= 0.3 is 0 Å². The molecule has 0 heterocycles. The minimum atomic E-state index is 0.181. The molecule has 0 saturated carbocycles. The van der Waals surface area contributed by atoms with E-state index in [4.69, 9.17) is 0 Å². The highest BCUT2D eigenvalue weighted by atomic mass is 16.1. The molecule has 0 unspecified atom stereocenters. The second-order valence-electron chi connectivity index (χ2n) is 7.13. The van der Waals surface area contributed by atoms with Gasteiger partial charge in [-0.2, -0.15) is 0 Å². The first-order valence-electron chi connectivity index (χ1n) is 10.4. The van der Waals surface area contributed by atoms with Gasteiger partial charge in [-0.05, 0) is 46.2 Å². The van der Waals surface area contributed by atoms with Gasteiger partial charge in [0.25, 0.3) is 0 Å². The molecular weight excluding hydrogens is 308 g/mol. The molecule has 0 atom stereocenters. The smallest absolute Gasteiger partial charge is 0.221 e. The Morgan fingerprint density at radius 1 is 0.840 bits per heavy atom. The zero-order valence-corrected chi connectivity index (χ0v) is 17.1. The first kappa shape index (κ1) is 23.9. The molecule has 146 valence electrons. The molecule has 3 nitrogen and oxygen atoms in total. The largest absolute Gasteiger partial charge is 0.356 e. The van der Waals surface area contributed by atoms with Crippen LogP contribution < -0.4 is 5.32 Å². The Kier molecular flexibility index (Phi) is 18.4. The van der Waals surface area contributed by atoms with Crippen LogP contribution in [0.3, 0.4) is 0 Å². The molecule has 0 radical (unpaired) electrons. The Balaban J connectivity index is 3.23. The van der Waals surface area contributed by atoms with E-state index in [-0.39, 0.29) is 5.91 Å². The van der Waals surface area contributed by atoms with Gasteiger partial charge in [-0.15, -0.1) is 0 Å². The van der Waals surface area contributed by atoms with Crippen LogP contribution in [-0.4, -0.2) is 38.0 Å². The summed E-state index contributed by atoms with van der Waals surface area (Å²) in [5, 5.41) is 3.00. The highest BCUT2D eigenvalue weighted by Gasteiger charge is 2.00. The normalized spacial score (nSPS) is 11.8. The molecule has 0 spiro atoms. The predicted octanol–water partition coefficient (Wildman–Crippen LogP) is 5.48. The van der Waals surface area contributed by atoms with Crippen molar-refractivity contribution in [2.24, 2.45) is 0 Å². The Morgan fingerprint density at radius 3 is 2.08 bits per heavy atom. The van der Waals surface area contributed by atoms with Crippen LogP contribution in [0.4, 0.5) is 0 Å². The monoisotopic (exact) mass is 350 g/mol. The van der Waals surface area contributed by atoms with Crippen molar-refractivity contribution in [3.05, 3.63) is 24.3 Å². The molecule has 0 aliphatic rings. The third kappa shape index (κ3) is 20.9. The van der Waals surface area contributed by atoms with Gasteiger partial charge in [0.1, 0.15) is 0 Å². The number of hydrogen-bond acceptors (Lipinski definition) is 2. The first-order chi connectivity index (χ1) is 12.2. The SMILES string of the molecule is CCCC/C=C/C/C=C/CCCCCCCCNC(=O)CCN(C)C. The third-order valence-corrected chi connectivity index (χ3v) is 4.24. The number of hydrogen-bond donors (Lipinski definition) is 1. The molecule has 0 fully saturated rings. The molecule has 0 aliphatic carbocycles. The third-order valence-electron chi connectivity index (χ3n) is 4.24. The van der Waals surface area contributed by atoms with Crippen LogP contribution in [0.5, 0.6) is 0 Å². The van der Waals surface area contributed by atoms with Crippen molar-refractivity contribution in [1.29, 1.82) is 0 Å². The zero-order valence-electron chi connectivity index (χ0n) is 17.1. The topological polar surface area (TPSA) is 32.3 Å². The van der Waals surface area contributed by atoms with Crippen LogP contribution in [0, 0.1) is 0 Å². The molecule has 25 heavy (non-hydrogen) atoms. The average Bonchev–Trinajstić information content (AvgIpc) is 2.59. The number of amides is 1. The number of carbonyl (C=O) groups is 1. The predicted molar refractivity (Wildman–Crippen MR) is 111 cm³/mol. The van der Waals surface area contributed by atoms with Crippen LogP contribution in [0.2, 0.25) is 0 Å². The maximum absolute atomic E-state index is 11.5. The van der Waals surface area contributed by atoms with Crippen LogP contribution in [0.25, 0.3) is 0 Å². The van der Waals surface area contributed by atoms with Crippen molar-refractivity contribution in [2.45, 2.75) is 84.0 Å². The van der Waals surface area contributed by atoms with Crippen LogP contribution in [-0.2, 0) is 4.79 Å². The van der Waals surface area contributed by atoms with E-state index in [2.05, 4.69) is 36.5 Å². The van der Waals surface area contributed by atoms with E-state index < -0.39 is 0 Å². The van der Waals surface area contributed by atoms with E-state index in [0.717, 1.165) is 25.9 Å². The molecule has 0 aliphatic heterocycles. The highest BCUT2D eigenvalue weighted by molar-refractivity contribution is 5.75. The number of nitrogens with zero attached hydrogens (tertiary/aromatic N) is 1. The summed E-state index contributed by atoms with van der Waals surface area (Å²) in [6.07, 6.45) is 23.5. The van der Waals surface area contributed by atoms with Crippen molar-refractivity contribution >= 4 is 5.91 Å². The van der Waals surface area contributed by atoms with Crippen molar-refractivity contribution in [1.82, 2.24) is 10.2 Å². The lowest BCUT2D eigenvalue weighted by atomic mass is 10.1. The second-order valence-corrected chi connectivity index (χ2v) is 7.13. The molecule has 1 N–H and O–H groups in total. The molecule has 0 aromatic carbocycles. The summed E-state index contributed by atoms with van der Waals surface area (Å²) in [6.45, 7) is 3.90. The Labute approximate surface area is 156 Å². The minimum Gasteiger partial charge on any atom is -0.356 e. The Morgan fingerprint density at radius 2 is 1.44 bits per heavy atom. The van der Waals surface area contributed by atoms with E-state index in [9.17, 15) is 4.79 Å². The van der Waals surface area contributed by atoms with Crippen LogP contribution in [0.15, 0.2) is 24.3 Å². The van der Waals surface area contributed by atoms with Crippen molar-refractivity contribution in [2.75, 3.05) is 27.2 Å². The lowest BCUT2D eigenvalue weighted by molar-refractivity contribution is -0.121. The Hall–Kier alpha value is -1.09. The van der Waals surface area contributed by atoms with Gasteiger partial charge in [-0.1, -0.05) is 69.8 Å². The fourth-order valence-corrected chi connectivity index (χ4v) is 2.56. The number of carbonyl (C=O) groups excluding carboxylic acids is 1. The van der Waals surface area contributed by atoms with Crippen molar-refractivity contribution in [3.63, 3.8) is 0 Å². The molecular formula is C22H42N2O. The summed E-state index contributed by atoms with van der Waals surface area (Å²) in [4.78, 5) is 13.6. The van der Waals surface area contributed by atoms with Crippen LogP contribution in [0.1, 0.15) is 84.0 Å². The van der Waals surface area contributed by atoms with E-state index in [1.165, 1.54) is 57.8 Å². The maximum atomic E-state index is 11.5. The minimum absolute atomic E-state index is 0.181. The lowest BCUT2D eigenvalue weighted by Gasteiger charge is -2.09. The zero-order chi connectivity index (χ0) is 18.6. The summed E-state index contributed by atoms with van der Waals surface area (Å²) in [7, 11) is 3.99. The number of unbranched alkanes of at least 4 members (excludes halogenated alkanes) is 8. The van der Waals surface area contributed by atoms with Crippen molar-refractivity contribution in [3.8, 4) is 0 Å². The van der Waals surface area contributed by atoms with E-state index in [1.807, 2.05) is 19.0 Å². The molecule has 1 amide bonds. The molecule has 0 aromatic heterocycles. The summed E-state index contributed by atoms with van der Waals surface area (Å²) in [6, 6.07) is 0. The average molecular weight is 351 g/mol. The maximum Gasteiger partial charge on any atom is 0.221 e. The van der Waals surface area contributed by atoms with Gasteiger partial charge in [-0.25, -0.2) is 0 Å². The van der Waals surface area contributed by atoms with Gasteiger partial charge in [0.05, 0.1) is 0 Å². The summed E-state index contributed by atoms with van der Waals surface area (Å²) >= 11 is 0. The van der Waals surface area contributed by atoms with Crippen molar-refractivity contribution < 1.29 is 4.79 Å². The van der Waals surface area contributed by atoms with Gasteiger partial charge in [0, 0.05) is 19.5 Å². The molecule has 0 rings (SSSR count). The van der Waals surface area contributed by atoms with Gasteiger partial charge < -0.3 is 10.2 Å². The fraction of sp³-hybridized carbons (Fsp3) is 0.773. The summed E-state index contributed by atoms with van der Waals surface area (Å²) in [5.74, 6) is 0.181. The van der Waals surface area contributed by atoms with E-state index >= 15 is 0 Å². The first-order valence-corrected chi connectivity index (χ1v) is 10.4.